The van der Waals surface area contributed by atoms with Crippen LogP contribution in [0.4, 0.5) is 0 Å². The quantitative estimate of drug-likeness (QED) is 0.489. The van der Waals surface area contributed by atoms with Gasteiger partial charge in [0.15, 0.2) is 23.4 Å². The molecule has 6 nitrogen and oxygen atoms in total. The first kappa shape index (κ1) is 21.3. The molecule has 28 heavy (non-hydrogen) atoms. The zero-order chi connectivity index (χ0) is 20.7. The van der Waals surface area contributed by atoms with Crippen molar-refractivity contribution >= 4 is 29.4 Å². The predicted octanol–water partition coefficient (Wildman–Crippen LogP) is 4.50. The van der Waals surface area contributed by atoms with Gasteiger partial charge in [-0.2, -0.15) is 0 Å². The van der Waals surface area contributed by atoms with Crippen LogP contribution in [-0.2, 0) is 4.79 Å². The minimum Gasteiger partial charge on any atom is -0.491 e. The van der Waals surface area contributed by atoms with E-state index < -0.39 is 12.1 Å². The molecule has 0 aliphatic carbocycles. The maximum atomic E-state index is 12.4. The molecule has 0 saturated heterocycles. The molecule has 1 unspecified atom stereocenters. The Morgan fingerprint density at radius 1 is 1.21 bits per heavy atom. The van der Waals surface area contributed by atoms with Crippen molar-refractivity contribution < 1.29 is 28.9 Å². The Kier molecular flexibility index (Phi) is 7.46. The second kappa shape index (κ2) is 9.80. The third-order valence-corrected chi connectivity index (χ3v) is 4.04. The molecule has 0 saturated carbocycles. The molecule has 1 atom stereocenters. The number of benzene rings is 2. The highest BCUT2D eigenvalue weighted by molar-refractivity contribution is 6.32. The summed E-state index contributed by atoms with van der Waals surface area (Å²) in [7, 11) is 1.51. The van der Waals surface area contributed by atoms with Gasteiger partial charge < -0.3 is 19.3 Å². The van der Waals surface area contributed by atoms with E-state index in [0.29, 0.717) is 40.0 Å². The van der Waals surface area contributed by atoms with Crippen molar-refractivity contribution in [1.82, 2.24) is 0 Å². The molecular formula is C21H21ClO6. The number of allylic oxidation sites excluding steroid dienone is 1. The van der Waals surface area contributed by atoms with Crippen molar-refractivity contribution in [3.05, 3.63) is 58.6 Å². The third-order valence-electron chi connectivity index (χ3n) is 3.76. The zero-order valence-electron chi connectivity index (χ0n) is 15.8. The number of methoxy groups -OCH3 is 1. The third kappa shape index (κ3) is 5.50. The number of hydrogen-bond donors (Lipinski definition) is 1. The van der Waals surface area contributed by atoms with Crippen molar-refractivity contribution in [3.63, 3.8) is 0 Å². The van der Waals surface area contributed by atoms with Crippen LogP contribution in [0.5, 0.6) is 17.2 Å². The van der Waals surface area contributed by atoms with E-state index in [0.717, 1.165) is 0 Å². The molecule has 1 N–H and O–H groups in total. The summed E-state index contributed by atoms with van der Waals surface area (Å²) in [5.41, 5.74) is 1.13. The highest BCUT2D eigenvalue weighted by atomic mass is 35.5. The molecule has 0 amide bonds. The lowest BCUT2D eigenvalue weighted by atomic mass is 10.1. The van der Waals surface area contributed by atoms with Gasteiger partial charge in [0.05, 0.1) is 18.7 Å². The van der Waals surface area contributed by atoms with Crippen LogP contribution in [0.25, 0.3) is 6.08 Å². The molecule has 148 valence electrons. The largest absolute Gasteiger partial charge is 0.491 e. The molecule has 2 rings (SSSR count). The topological polar surface area (TPSA) is 82.1 Å². The number of hydrogen-bond acceptors (Lipinski definition) is 5. The number of ether oxygens (including phenoxy) is 3. The minimum absolute atomic E-state index is 0.220. The van der Waals surface area contributed by atoms with Crippen LogP contribution >= 0.6 is 11.6 Å². The van der Waals surface area contributed by atoms with E-state index in [-0.39, 0.29) is 5.78 Å². The van der Waals surface area contributed by atoms with E-state index in [4.69, 9.17) is 30.9 Å². The molecule has 7 heteroatoms. The maximum Gasteiger partial charge on any atom is 0.344 e. The number of carbonyl (C=O) groups is 2. The van der Waals surface area contributed by atoms with Crippen LogP contribution in [0, 0.1) is 0 Å². The van der Waals surface area contributed by atoms with Gasteiger partial charge in [0.1, 0.15) is 5.75 Å². The molecular weight excluding hydrogens is 384 g/mol. The molecule has 0 heterocycles. The first-order chi connectivity index (χ1) is 13.3. The average Bonchev–Trinajstić information content (AvgIpc) is 2.66. The summed E-state index contributed by atoms with van der Waals surface area (Å²) in [6.07, 6.45) is 2.08. The number of halogens is 1. The molecule has 0 spiro atoms. The van der Waals surface area contributed by atoms with Crippen molar-refractivity contribution in [1.29, 1.82) is 0 Å². The highest BCUT2D eigenvalue weighted by Crippen LogP contribution is 2.36. The van der Waals surface area contributed by atoms with E-state index in [9.17, 15) is 9.59 Å². The van der Waals surface area contributed by atoms with Crippen LogP contribution in [-0.4, -0.2) is 36.7 Å². The summed E-state index contributed by atoms with van der Waals surface area (Å²) in [6, 6.07) is 9.67. The summed E-state index contributed by atoms with van der Waals surface area (Å²) in [5.74, 6) is 0.0333. The van der Waals surface area contributed by atoms with Gasteiger partial charge in [-0.1, -0.05) is 17.7 Å². The summed E-state index contributed by atoms with van der Waals surface area (Å²) in [5, 5.41) is 9.24. The van der Waals surface area contributed by atoms with Gasteiger partial charge in [-0.05, 0) is 61.9 Å². The lowest BCUT2D eigenvalue weighted by Gasteiger charge is -2.11. The standard InChI is InChI=1S/C21H21ClO6/c1-4-27-19-12-14(11-17(22)20(19)26-3)5-10-18(23)15-6-8-16(9-7-15)28-13(2)21(24)25/h5-13H,4H2,1-3H3,(H,24,25)/b10-5+. The summed E-state index contributed by atoms with van der Waals surface area (Å²) in [6.45, 7) is 3.73. The minimum atomic E-state index is -1.06. The Labute approximate surface area is 168 Å². The van der Waals surface area contributed by atoms with Gasteiger partial charge in [-0.3, -0.25) is 4.79 Å². The van der Waals surface area contributed by atoms with Crippen molar-refractivity contribution in [3.8, 4) is 17.2 Å². The van der Waals surface area contributed by atoms with E-state index in [1.54, 1.807) is 42.5 Å². The first-order valence-electron chi connectivity index (χ1n) is 8.58. The lowest BCUT2D eigenvalue weighted by Crippen LogP contribution is -2.22. The Balaban J connectivity index is 2.14. The number of ketones is 1. The van der Waals surface area contributed by atoms with Gasteiger partial charge in [-0.25, -0.2) is 4.79 Å². The molecule has 0 radical (unpaired) electrons. The van der Waals surface area contributed by atoms with Crippen LogP contribution in [0.15, 0.2) is 42.5 Å². The van der Waals surface area contributed by atoms with Crippen LogP contribution in [0.2, 0.25) is 5.02 Å². The van der Waals surface area contributed by atoms with Crippen molar-refractivity contribution in [2.75, 3.05) is 13.7 Å². The van der Waals surface area contributed by atoms with Crippen molar-refractivity contribution in [2.45, 2.75) is 20.0 Å². The van der Waals surface area contributed by atoms with E-state index >= 15 is 0 Å². The Morgan fingerprint density at radius 3 is 2.46 bits per heavy atom. The fourth-order valence-electron chi connectivity index (χ4n) is 2.37. The average molecular weight is 405 g/mol. The number of carboxylic acids is 1. The lowest BCUT2D eigenvalue weighted by molar-refractivity contribution is -0.144. The van der Waals surface area contributed by atoms with Gasteiger partial charge in [0.2, 0.25) is 0 Å². The second-order valence-electron chi connectivity index (χ2n) is 5.79. The van der Waals surface area contributed by atoms with Crippen LogP contribution in [0.1, 0.15) is 29.8 Å². The number of carbonyl (C=O) groups excluding carboxylic acids is 1. The van der Waals surface area contributed by atoms with E-state index in [1.165, 1.54) is 20.1 Å². The van der Waals surface area contributed by atoms with Crippen LogP contribution < -0.4 is 14.2 Å². The maximum absolute atomic E-state index is 12.4. The molecule has 2 aromatic rings. The molecule has 0 bridgehead atoms. The first-order valence-corrected chi connectivity index (χ1v) is 8.95. The second-order valence-corrected chi connectivity index (χ2v) is 6.19. The van der Waals surface area contributed by atoms with Crippen molar-refractivity contribution in [2.24, 2.45) is 0 Å². The molecule has 0 aromatic heterocycles. The number of rotatable bonds is 9. The fraction of sp³-hybridized carbons (Fsp3) is 0.238. The van der Waals surface area contributed by atoms with Gasteiger partial charge in [-0.15, -0.1) is 0 Å². The molecule has 0 aliphatic rings. The number of carboxylic acid groups (broad SMARTS) is 1. The Hall–Kier alpha value is -2.99. The van der Waals surface area contributed by atoms with Gasteiger partial charge in [0, 0.05) is 5.56 Å². The summed E-state index contributed by atoms with van der Waals surface area (Å²) < 4.78 is 16.0. The van der Waals surface area contributed by atoms with Gasteiger partial charge in [0.25, 0.3) is 0 Å². The van der Waals surface area contributed by atoms with E-state index in [1.807, 2.05) is 6.92 Å². The predicted molar refractivity (Wildman–Crippen MR) is 107 cm³/mol. The molecule has 0 fully saturated rings. The summed E-state index contributed by atoms with van der Waals surface area (Å²) >= 11 is 6.20. The molecule has 0 aliphatic heterocycles. The SMILES string of the molecule is CCOc1cc(/C=C/C(=O)c2ccc(OC(C)C(=O)O)cc2)cc(Cl)c1OC. The molecule has 2 aromatic carbocycles. The fourth-order valence-corrected chi connectivity index (χ4v) is 2.66. The van der Waals surface area contributed by atoms with Crippen LogP contribution in [0.3, 0.4) is 0 Å². The Morgan fingerprint density at radius 2 is 1.89 bits per heavy atom. The Bertz CT molecular complexity index is 873. The number of aliphatic carboxylic acids is 1. The summed E-state index contributed by atoms with van der Waals surface area (Å²) in [4.78, 5) is 23.2. The monoisotopic (exact) mass is 404 g/mol. The highest BCUT2D eigenvalue weighted by Gasteiger charge is 2.13. The van der Waals surface area contributed by atoms with Gasteiger partial charge >= 0.3 is 5.97 Å². The normalized spacial score (nSPS) is 11.9. The van der Waals surface area contributed by atoms with E-state index in [2.05, 4.69) is 0 Å². The smallest absolute Gasteiger partial charge is 0.344 e. The zero-order valence-corrected chi connectivity index (χ0v) is 16.5.